The van der Waals surface area contributed by atoms with E-state index in [-0.39, 0.29) is 0 Å². The zero-order valence-electron chi connectivity index (χ0n) is 13.5. The molecular weight excluding hydrogens is 250 g/mol. The third kappa shape index (κ3) is 2.51. The lowest BCUT2D eigenvalue weighted by molar-refractivity contribution is 0.310. The summed E-state index contributed by atoms with van der Waals surface area (Å²) in [7, 11) is 1.67. The second-order valence-corrected chi connectivity index (χ2v) is 6.68. The molecule has 3 heteroatoms. The Bertz CT molecular complexity index is 466. The van der Waals surface area contributed by atoms with Crippen LogP contribution in [0.5, 0.6) is 11.5 Å². The number of hydrogen-bond acceptors (Lipinski definition) is 3. The molecule has 1 aromatic rings. The van der Waals surface area contributed by atoms with Crippen LogP contribution in [0.2, 0.25) is 0 Å². The maximum atomic E-state index is 5.62. The van der Waals surface area contributed by atoms with Crippen molar-refractivity contribution in [1.29, 1.82) is 0 Å². The molecule has 0 amide bonds. The maximum absolute atomic E-state index is 5.62. The minimum absolute atomic E-state index is 0.363. The van der Waals surface area contributed by atoms with E-state index >= 15 is 0 Å². The Labute approximate surface area is 122 Å². The van der Waals surface area contributed by atoms with Crippen LogP contribution in [0, 0.1) is 10.8 Å². The fourth-order valence-electron chi connectivity index (χ4n) is 3.03. The summed E-state index contributed by atoms with van der Waals surface area (Å²) >= 11 is 0. The molecule has 1 saturated carbocycles. The number of hydrogen-bond donors (Lipinski definition) is 1. The third-order valence-electron chi connectivity index (χ3n) is 5.06. The normalized spacial score (nSPS) is 19.7. The van der Waals surface area contributed by atoms with Crippen molar-refractivity contribution in [3.63, 3.8) is 0 Å². The van der Waals surface area contributed by atoms with E-state index in [0.29, 0.717) is 23.5 Å². The van der Waals surface area contributed by atoms with Crippen molar-refractivity contribution in [3.05, 3.63) is 23.8 Å². The van der Waals surface area contributed by atoms with E-state index in [2.05, 4.69) is 45.1 Å². The Morgan fingerprint density at radius 2 is 1.75 bits per heavy atom. The van der Waals surface area contributed by atoms with E-state index < -0.39 is 0 Å². The standard InChI is InChI=1S/C17H27NO2/c1-7-20-14-10-12(8-9-13(14)19-6)11-18-15-16(2,3)17(15,4)5/h8-10,15,18H,7,11H2,1-6H3. The van der Waals surface area contributed by atoms with E-state index in [1.54, 1.807) is 7.11 Å². The van der Waals surface area contributed by atoms with Crippen LogP contribution in [0.15, 0.2) is 18.2 Å². The van der Waals surface area contributed by atoms with Gasteiger partial charge in [-0.15, -0.1) is 0 Å². The Hall–Kier alpha value is -1.22. The quantitative estimate of drug-likeness (QED) is 0.861. The van der Waals surface area contributed by atoms with Crippen molar-refractivity contribution < 1.29 is 9.47 Å². The van der Waals surface area contributed by atoms with Crippen LogP contribution in [0.4, 0.5) is 0 Å². The Balaban J connectivity index is 2.02. The molecule has 0 heterocycles. The first-order valence-electron chi connectivity index (χ1n) is 7.37. The van der Waals surface area contributed by atoms with Gasteiger partial charge in [-0.05, 0) is 35.4 Å². The summed E-state index contributed by atoms with van der Waals surface area (Å²) in [5.41, 5.74) is 1.96. The second-order valence-electron chi connectivity index (χ2n) is 6.68. The van der Waals surface area contributed by atoms with Gasteiger partial charge in [0.05, 0.1) is 13.7 Å². The molecule has 1 N–H and O–H groups in total. The van der Waals surface area contributed by atoms with Crippen molar-refractivity contribution in [2.24, 2.45) is 10.8 Å². The van der Waals surface area contributed by atoms with Gasteiger partial charge in [-0.3, -0.25) is 0 Å². The molecule has 0 atom stereocenters. The molecule has 0 aliphatic heterocycles. The molecule has 1 aliphatic carbocycles. The molecule has 0 radical (unpaired) electrons. The molecule has 0 bridgehead atoms. The first kappa shape index (κ1) is 15.2. The molecular formula is C17H27NO2. The number of rotatable bonds is 6. The first-order chi connectivity index (χ1) is 9.34. The van der Waals surface area contributed by atoms with Crippen molar-refractivity contribution in [3.8, 4) is 11.5 Å². The highest BCUT2D eigenvalue weighted by Crippen LogP contribution is 2.62. The summed E-state index contributed by atoms with van der Waals surface area (Å²) in [6, 6.07) is 6.70. The highest BCUT2D eigenvalue weighted by Gasteiger charge is 2.64. The highest BCUT2D eigenvalue weighted by atomic mass is 16.5. The lowest BCUT2D eigenvalue weighted by Crippen LogP contribution is -2.21. The van der Waals surface area contributed by atoms with Gasteiger partial charge in [-0.25, -0.2) is 0 Å². The van der Waals surface area contributed by atoms with Gasteiger partial charge in [0, 0.05) is 12.6 Å². The molecule has 1 fully saturated rings. The third-order valence-corrected chi connectivity index (χ3v) is 5.06. The molecule has 112 valence electrons. The van der Waals surface area contributed by atoms with Gasteiger partial charge in [-0.1, -0.05) is 33.8 Å². The minimum atomic E-state index is 0.363. The zero-order chi connectivity index (χ0) is 15.0. The van der Waals surface area contributed by atoms with Crippen LogP contribution < -0.4 is 14.8 Å². The van der Waals surface area contributed by atoms with E-state index in [0.717, 1.165) is 18.0 Å². The van der Waals surface area contributed by atoms with E-state index in [1.807, 2.05) is 13.0 Å². The molecule has 0 unspecified atom stereocenters. The van der Waals surface area contributed by atoms with Gasteiger partial charge in [0.1, 0.15) is 0 Å². The molecule has 2 rings (SSSR count). The number of nitrogens with one attached hydrogen (secondary N) is 1. The van der Waals surface area contributed by atoms with Crippen molar-refractivity contribution >= 4 is 0 Å². The summed E-state index contributed by atoms with van der Waals surface area (Å²) in [5.74, 6) is 1.62. The minimum Gasteiger partial charge on any atom is -0.493 e. The van der Waals surface area contributed by atoms with E-state index in [4.69, 9.17) is 9.47 Å². The predicted molar refractivity (Wildman–Crippen MR) is 82.4 cm³/mol. The lowest BCUT2D eigenvalue weighted by atomic mass is 10.0. The molecule has 0 spiro atoms. The molecule has 20 heavy (non-hydrogen) atoms. The Kier molecular flexibility index (Phi) is 4.01. The number of benzene rings is 1. The van der Waals surface area contributed by atoms with Crippen LogP contribution >= 0.6 is 0 Å². The van der Waals surface area contributed by atoms with Gasteiger partial charge in [0.25, 0.3) is 0 Å². The van der Waals surface area contributed by atoms with Gasteiger partial charge in [-0.2, -0.15) is 0 Å². The maximum Gasteiger partial charge on any atom is 0.161 e. The van der Waals surface area contributed by atoms with Gasteiger partial charge < -0.3 is 14.8 Å². The van der Waals surface area contributed by atoms with Crippen molar-refractivity contribution in [1.82, 2.24) is 5.32 Å². The van der Waals surface area contributed by atoms with Crippen LogP contribution in [0.1, 0.15) is 40.2 Å². The van der Waals surface area contributed by atoms with E-state index in [9.17, 15) is 0 Å². The molecule has 0 aromatic heterocycles. The number of ether oxygens (including phenoxy) is 2. The zero-order valence-corrected chi connectivity index (χ0v) is 13.5. The Morgan fingerprint density at radius 3 is 2.25 bits per heavy atom. The second kappa shape index (κ2) is 5.28. The summed E-state index contributed by atoms with van der Waals surface area (Å²) in [4.78, 5) is 0. The largest absolute Gasteiger partial charge is 0.493 e. The van der Waals surface area contributed by atoms with E-state index in [1.165, 1.54) is 5.56 Å². The molecule has 1 aliphatic rings. The van der Waals surface area contributed by atoms with Crippen LogP contribution in [-0.4, -0.2) is 19.8 Å². The summed E-state index contributed by atoms with van der Waals surface area (Å²) in [6.07, 6.45) is 0. The summed E-state index contributed by atoms with van der Waals surface area (Å²) in [5, 5.41) is 3.66. The Morgan fingerprint density at radius 1 is 1.10 bits per heavy atom. The first-order valence-corrected chi connectivity index (χ1v) is 7.37. The topological polar surface area (TPSA) is 30.5 Å². The van der Waals surface area contributed by atoms with Gasteiger partial charge in [0.2, 0.25) is 0 Å². The van der Waals surface area contributed by atoms with Gasteiger partial charge >= 0.3 is 0 Å². The fourth-order valence-corrected chi connectivity index (χ4v) is 3.03. The monoisotopic (exact) mass is 277 g/mol. The average Bonchev–Trinajstić information content (AvgIpc) is 2.78. The van der Waals surface area contributed by atoms with Crippen LogP contribution in [0.3, 0.4) is 0 Å². The lowest BCUT2D eigenvalue weighted by Gasteiger charge is -2.12. The van der Waals surface area contributed by atoms with Gasteiger partial charge in [0.15, 0.2) is 11.5 Å². The smallest absolute Gasteiger partial charge is 0.161 e. The summed E-state index contributed by atoms with van der Waals surface area (Å²) in [6.45, 7) is 12.8. The molecule has 1 aromatic carbocycles. The van der Waals surface area contributed by atoms with Crippen molar-refractivity contribution in [2.45, 2.75) is 47.2 Å². The van der Waals surface area contributed by atoms with Crippen molar-refractivity contribution in [2.75, 3.05) is 13.7 Å². The SMILES string of the molecule is CCOc1cc(CNC2C(C)(C)C2(C)C)ccc1OC. The highest BCUT2D eigenvalue weighted by molar-refractivity contribution is 5.43. The fraction of sp³-hybridized carbons (Fsp3) is 0.647. The predicted octanol–water partition coefficient (Wildman–Crippen LogP) is 3.62. The molecule has 3 nitrogen and oxygen atoms in total. The molecule has 0 saturated heterocycles. The van der Waals surface area contributed by atoms with Crippen LogP contribution in [-0.2, 0) is 6.54 Å². The summed E-state index contributed by atoms with van der Waals surface area (Å²) < 4.78 is 10.9. The number of methoxy groups -OCH3 is 1. The average molecular weight is 277 g/mol. The van der Waals surface area contributed by atoms with Crippen LogP contribution in [0.25, 0.3) is 0 Å².